The van der Waals surface area contributed by atoms with Gasteiger partial charge in [-0.3, -0.25) is 0 Å². The minimum absolute atomic E-state index is 0.562. The maximum Gasteiger partial charge on any atom is 0.256 e. The number of halogens is 2. The van der Waals surface area contributed by atoms with E-state index in [1.807, 2.05) is 0 Å². The zero-order valence-electron chi connectivity index (χ0n) is 8.70. The summed E-state index contributed by atoms with van der Waals surface area (Å²) >= 11 is 0. The second-order valence-electron chi connectivity index (χ2n) is 3.43. The summed E-state index contributed by atoms with van der Waals surface area (Å²) in [5.74, 6) is -1.15. The van der Waals surface area contributed by atoms with E-state index in [1.165, 1.54) is 12.1 Å². The molecule has 16 heavy (non-hydrogen) atoms. The van der Waals surface area contributed by atoms with Crippen molar-refractivity contribution in [3.63, 3.8) is 0 Å². The van der Waals surface area contributed by atoms with Crippen LogP contribution in [-0.4, -0.2) is 26.5 Å². The Hall–Kier alpha value is -0.823. The summed E-state index contributed by atoms with van der Waals surface area (Å²) < 4.78 is 30.2. The van der Waals surface area contributed by atoms with E-state index in [4.69, 9.17) is 10.2 Å². The number of hydrogen-bond acceptors (Lipinski definition) is 3. The molecule has 0 aliphatic carbocycles. The molecule has 0 unspecified atom stereocenters. The van der Waals surface area contributed by atoms with Gasteiger partial charge >= 0.3 is 0 Å². The first kappa shape index (κ1) is 13.2. The molecule has 0 radical (unpaired) electrons. The number of aliphatic hydroxyl groups is 2. The molecule has 6 heteroatoms. The molecule has 0 heterocycles. The number of hydrogen-bond donors (Lipinski definition) is 2. The van der Waals surface area contributed by atoms with E-state index in [2.05, 4.69) is 4.43 Å². The standard InChI is InChI=1S/C10H14F2O3Si/c11-8-4-7(5-9(12)6-8)2-1-3-16-15-10(13)14/h4-6,10,13-14H,1-3,16H2. The van der Waals surface area contributed by atoms with Crippen molar-refractivity contribution in [2.75, 3.05) is 0 Å². The molecule has 0 amide bonds. The van der Waals surface area contributed by atoms with Crippen molar-refractivity contribution in [1.82, 2.24) is 0 Å². The number of aryl methyl sites for hydroxylation is 1. The van der Waals surface area contributed by atoms with Crippen molar-refractivity contribution in [2.24, 2.45) is 0 Å². The Labute approximate surface area is 94.6 Å². The number of aliphatic hydroxyl groups excluding tert-OH is 1. The summed E-state index contributed by atoms with van der Waals surface area (Å²) in [4.78, 5) is 0. The molecule has 90 valence electrons. The summed E-state index contributed by atoms with van der Waals surface area (Å²) in [6.45, 7) is -1.70. The van der Waals surface area contributed by atoms with Gasteiger partial charge in [0.2, 0.25) is 0 Å². The Balaban J connectivity index is 2.26. The first-order valence-electron chi connectivity index (χ1n) is 5.00. The van der Waals surface area contributed by atoms with Gasteiger partial charge in [0.05, 0.1) is 0 Å². The number of rotatable bonds is 6. The lowest BCUT2D eigenvalue weighted by Crippen LogP contribution is -2.13. The highest BCUT2D eigenvalue weighted by Crippen LogP contribution is 2.10. The smallest absolute Gasteiger partial charge is 0.256 e. The monoisotopic (exact) mass is 248 g/mol. The first-order valence-corrected chi connectivity index (χ1v) is 6.58. The minimum atomic E-state index is -1.70. The van der Waals surface area contributed by atoms with Crippen LogP contribution in [0.5, 0.6) is 0 Å². The third-order valence-corrected chi connectivity index (χ3v) is 3.37. The number of benzene rings is 1. The predicted molar refractivity (Wildman–Crippen MR) is 57.3 cm³/mol. The second kappa shape index (κ2) is 6.69. The van der Waals surface area contributed by atoms with Gasteiger partial charge in [-0.25, -0.2) is 8.78 Å². The van der Waals surface area contributed by atoms with E-state index in [0.717, 1.165) is 18.5 Å². The summed E-state index contributed by atoms with van der Waals surface area (Å²) in [7, 11) is -0.959. The van der Waals surface area contributed by atoms with Crippen LogP contribution in [-0.2, 0) is 10.8 Å². The molecule has 0 bridgehead atoms. The molecule has 0 aliphatic heterocycles. The van der Waals surface area contributed by atoms with Crippen molar-refractivity contribution in [2.45, 2.75) is 25.4 Å². The molecule has 0 atom stereocenters. The topological polar surface area (TPSA) is 49.7 Å². The third-order valence-electron chi connectivity index (χ3n) is 2.05. The zero-order valence-corrected chi connectivity index (χ0v) is 10.1. The van der Waals surface area contributed by atoms with Gasteiger partial charge in [0.1, 0.15) is 11.6 Å². The van der Waals surface area contributed by atoms with Gasteiger partial charge in [-0.1, -0.05) is 6.42 Å². The molecule has 2 N–H and O–H groups in total. The fourth-order valence-electron chi connectivity index (χ4n) is 1.38. The summed E-state index contributed by atoms with van der Waals surface area (Å²) in [5.41, 5.74) is 0.607. The van der Waals surface area contributed by atoms with Crippen LogP contribution in [0, 0.1) is 11.6 Å². The van der Waals surface area contributed by atoms with Crippen molar-refractivity contribution in [1.29, 1.82) is 0 Å². The van der Waals surface area contributed by atoms with Crippen LogP contribution >= 0.6 is 0 Å². The molecule has 1 rings (SSSR count). The average molecular weight is 248 g/mol. The van der Waals surface area contributed by atoms with Gasteiger partial charge in [-0.05, 0) is 30.2 Å². The average Bonchev–Trinajstić information content (AvgIpc) is 2.15. The fourth-order valence-corrected chi connectivity index (χ4v) is 2.21. The van der Waals surface area contributed by atoms with E-state index in [0.29, 0.717) is 12.0 Å². The highest BCUT2D eigenvalue weighted by Gasteiger charge is 2.01. The fraction of sp³-hybridized carbons (Fsp3) is 0.400. The normalized spacial score (nSPS) is 11.8. The predicted octanol–water partition coefficient (Wildman–Crippen LogP) is 0.684. The van der Waals surface area contributed by atoms with E-state index in [1.54, 1.807) is 0 Å². The van der Waals surface area contributed by atoms with Crippen molar-refractivity contribution in [3.05, 3.63) is 35.4 Å². The first-order chi connectivity index (χ1) is 7.58. The SMILES string of the molecule is OC(O)O[SiH2]CCCc1cc(F)cc(F)c1. The molecule has 1 aromatic rings. The third kappa shape index (κ3) is 5.31. The maximum absolute atomic E-state index is 12.8. The largest absolute Gasteiger partial charge is 0.379 e. The molecule has 0 aromatic heterocycles. The van der Waals surface area contributed by atoms with E-state index in [9.17, 15) is 8.78 Å². The van der Waals surface area contributed by atoms with Gasteiger partial charge in [-0.15, -0.1) is 0 Å². The Morgan fingerprint density at radius 3 is 2.38 bits per heavy atom. The maximum atomic E-state index is 12.8. The van der Waals surface area contributed by atoms with Crippen LogP contribution in [0.1, 0.15) is 12.0 Å². The molecule has 0 aliphatic rings. The van der Waals surface area contributed by atoms with Gasteiger partial charge in [0.25, 0.3) is 6.48 Å². The highest BCUT2D eigenvalue weighted by atomic mass is 28.2. The lowest BCUT2D eigenvalue weighted by molar-refractivity contribution is -0.180. The molecule has 3 nitrogen and oxygen atoms in total. The summed E-state index contributed by atoms with van der Waals surface area (Å²) in [6, 6.07) is 4.16. The van der Waals surface area contributed by atoms with E-state index < -0.39 is 27.9 Å². The summed E-state index contributed by atoms with van der Waals surface area (Å²) in [6.07, 6.45) is 1.29. The second-order valence-corrected chi connectivity index (χ2v) is 4.88. The molecule has 0 saturated heterocycles. The van der Waals surface area contributed by atoms with Crippen molar-refractivity contribution >= 4 is 9.76 Å². The van der Waals surface area contributed by atoms with Crippen LogP contribution in [0.3, 0.4) is 0 Å². The Morgan fingerprint density at radius 2 is 1.81 bits per heavy atom. The molecular formula is C10H14F2O3Si. The van der Waals surface area contributed by atoms with Crippen molar-refractivity contribution in [3.8, 4) is 0 Å². The molecule has 1 aromatic carbocycles. The summed E-state index contributed by atoms with van der Waals surface area (Å²) in [5, 5.41) is 16.8. The van der Waals surface area contributed by atoms with E-state index in [-0.39, 0.29) is 0 Å². The Kier molecular flexibility index (Phi) is 5.54. The van der Waals surface area contributed by atoms with Crippen LogP contribution in [0.25, 0.3) is 0 Å². The van der Waals surface area contributed by atoms with Gasteiger partial charge in [0, 0.05) is 6.07 Å². The van der Waals surface area contributed by atoms with Crippen LogP contribution in [0.4, 0.5) is 8.78 Å². The quantitative estimate of drug-likeness (QED) is 0.442. The van der Waals surface area contributed by atoms with E-state index >= 15 is 0 Å². The van der Waals surface area contributed by atoms with Gasteiger partial charge < -0.3 is 14.6 Å². The highest BCUT2D eigenvalue weighted by molar-refractivity contribution is 6.26. The van der Waals surface area contributed by atoms with Crippen molar-refractivity contribution < 1.29 is 23.4 Å². The molecular weight excluding hydrogens is 234 g/mol. The zero-order chi connectivity index (χ0) is 12.0. The minimum Gasteiger partial charge on any atom is -0.379 e. The van der Waals surface area contributed by atoms with Gasteiger partial charge in [-0.2, -0.15) is 0 Å². The Morgan fingerprint density at radius 1 is 1.19 bits per heavy atom. The van der Waals surface area contributed by atoms with Crippen LogP contribution < -0.4 is 0 Å². The molecule has 0 spiro atoms. The molecule has 0 fully saturated rings. The van der Waals surface area contributed by atoms with Crippen LogP contribution in [0.15, 0.2) is 18.2 Å². The lowest BCUT2D eigenvalue weighted by Gasteiger charge is -2.05. The molecule has 0 saturated carbocycles. The van der Waals surface area contributed by atoms with Gasteiger partial charge in [0.15, 0.2) is 9.76 Å². The lowest BCUT2D eigenvalue weighted by atomic mass is 10.1. The van der Waals surface area contributed by atoms with Crippen LogP contribution in [0.2, 0.25) is 6.04 Å². The Bertz CT molecular complexity index is 314.